The zero-order valence-electron chi connectivity index (χ0n) is 13.0. The van der Waals surface area contributed by atoms with Crippen molar-refractivity contribution in [3.05, 3.63) is 0 Å². The Labute approximate surface area is 126 Å². The Morgan fingerprint density at radius 2 is 1.79 bits per heavy atom. The smallest absolute Gasteiger partial charge is 0.306 e. The molecule has 0 fully saturated rings. The fraction of sp³-hybridized carbons (Fsp3) is 0.800. The molecule has 0 amide bonds. The quantitative estimate of drug-likeness (QED) is 0.311. The van der Waals surface area contributed by atoms with Gasteiger partial charge in [0, 0.05) is 22.3 Å². The minimum atomic E-state index is -0.149. The zero-order valence-corrected chi connectivity index (χ0v) is 14.6. The van der Waals surface area contributed by atoms with Gasteiger partial charge in [-0.2, -0.15) is 0 Å². The minimum absolute atomic E-state index is 0.0345. The van der Waals surface area contributed by atoms with Crippen LogP contribution in [0.5, 0.6) is 0 Å². The fourth-order valence-electron chi connectivity index (χ4n) is 0.984. The molecule has 0 aromatic carbocycles. The number of hydrogen-bond donors (Lipinski definition) is 0. The van der Waals surface area contributed by atoms with Crippen LogP contribution in [0, 0.1) is 17.3 Å². The van der Waals surface area contributed by atoms with Gasteiger partial charge in [-0.25, -0.2) is 0 Å². The standard InChI is InChI=1S/C15H26O2S2/c1-14(2,3)10-8-11-17-13(16)9-7-12-18-19-15(4,5)6/h7,9,11-12H2,1-6H3. The van der Waals surface area contributed by atoms with Crippen LogP contribution in [0.15, 0.2) is 0 Å². The van der Waals surface area contributed by atoms with Crippen LogP contribution in [0.3, 0.4) is 0 Å². The number of carbonyl (C=O) groups excluding carboxylic acids is 1. The van der Waals surface area contributed by atoms with Gasteiger partial charge in [-0.05, 0) is 27.2 Å². The van der Waals surface area contributed by atoms with Gasteiger partial charge >= 0.3 is 5.97 Å². The van der Waals surface area contributed by atoms with Crippen molar-refractivity contribution in [2.24, 2.45) is 5.41 Å². The van der Waals surface area contributed by atoms with Crippen LogP contribution in [0.1, 0.15) is 54.4 Å². The molecule has 0 aliphatic carbocycles. The Bertz CT molecular complexity index is 327. The first-order valence-electron chi connectivity index (χ1n) is 6.56. The number of rotatable bonds is 6. The molecule has 19 heavy (non-hydrogen) atoms. The van der Waals surface area contributed by atoms with E-state index in [0.717, 1.165) is 12.2 Å². The van der Waals surface area contributed by atoms with E-state index in [1.807, 2.05) is 42.4 Å². The number of carbonyl (C=O) groups is 1. The topological polar surface area (TPSA) is 26.3 Å². The second-order valence-electron chi connectivity index (χ2n) is 6.33. The normalized spacial score (nSPS) is 11.7. The lowest BCUT2D eigenvalue weighted by Crippen LogP contribution is -2.07. The Morgan fingerprint density at radius 1 is 1.16 bits per heavy atom. The lowest BCUT2D eigenvalue weighted by Gasteiger charge is -2.15. The summed E-state index contributed by atoms with van der Waals surface area (Å²) in [5, 5.41) is 0. The fourth-order valence-corrected chi connectivity index (χ4v) is 3.35. The maximum absolute atomic E-state index is 11.4. The third-order valence-corrected chi connectivity index (χ3v) is 5.11. The van der Waals surface area contributed by atoms with Crippen LogP contribution in [0.2, 0.25) is 0 Å². The molecule has 0 heterocycles. The summed E-state index contributed by atoms with van der Waals surface area (Å²) in [6.45, 7) is 12.9. The molecule has 4 heteroatoms. The van der Waals surface area contributed by atoms with E-state index in [0.29, 0.717) is 6.42 Å². The molecule has 0 aliphatic rings. The second kappa shape index (κ2) is 8.81. The number of ether oxygens (including phenoxy) is 1. The molecule has 110 valence electrons. The summed E-state index contributed by atoms with van der Waals surface area (Å²) >= 11 is 0. The first-order chi connectivity index (χ1) is 8.60. The molecular weight excluding hydrogens is 276 g/mol. The van der Waals surface area contributed by atoms with Crippen molar-refractivity contribution in [2.75, 3.05) is 12.4 Å². The molecule has 2 nitrogen and oxygen atoms in total. The highest BCUT2D eigenvalue weighted by Gasteiger charge is 2.11. The molecule has 0 N–H and O–H groups in total. The summed E-state index contributed by atoms with van der Waals surface area (Å²) in [5.41, 5.74) is -0.0345. The van der Waals surface area contributed by atoms with Gasteiger partial charge in [0.05, 0.1) is 0 Å². The number of esters is 1. The Morgan fingerprint density at radius 3 is 2.32 bits per heavy atom. The van der Waals surface area contributed by atoms with Crippen LogP contribution < -0.4 is 0 Å². The molecule has 0 bridgehead atoms. The van der Waals surface area contributed by atoms with E-state index in [9.17, 15) is 4.79 Å². The van der Waals surface area contributed by atoms with Crippen LogP contribution in [-0.2, 0) is 9.53 Å². The van der Waals surface area contributed by atoms with Crippen LogP contribution in [0.4, 0.5) is 0 Å². The van der Waals surface area contributed by atoms with Crippen molar-refractivity contribution < 1.29 is 9.53 Å². The monoisotopic (exact) mass is 302 g/mol. The van der Waals surface area contributed by atoms with E-state index in [1.165, 1.54) is 0 Å². The van der Waals surface area contributed by atoms with Crippen molar-refractivity contribution in [1.29, 1.82) is 0 Å². The summed E-state index contributed by atoms with van der Waals surface area (Å²) < 4.78 is 5.33. The molecule has 0 aromatic rings. The van der Waals surface area contributed by atoms with Crippen molar-refractivity contribution >= 4 is 27.6 Å². The van der Waals surface area contributed by atoms with Gasteiger partial charge in [-0.3, -0.25) is 4.79 Å². The molecule has 0 radical (unpaired) electrons. The molecule has 0 saturated carbocycles. The second-order valence-corrected chi connectivity index (χ2v) is 9.58. The van der Waals surface area contributed by atoms with Gasteiger partial charge in [-0.15, -0.1) is 0 Å². The van der Waals surface area contributed by atoms with Gasteiger partial charge in [0.2, 0.25) is 0 Å². The lowest BCUT2D eigenvalue weighted by atomic mass is 9.98. The predicted octanol–water partition coefficient (Wildman–Crippen LogP) is 4.54. The first kappa shape index (κ1) is 18.7. The van der Waals surface area contributed by atoms with Crippen LogP contribution >= 0.6 is 21.6 Å². The largest absolute Gasteiger partial charge is 0.452 e. The molecule has 0 unspecified atom stereocenters. The predicted molar refractivity (Wildman–Crippen MR) is 87.2 cm³/mol. The van der Waals surface area contributed by atoms with E-state index >= 15 is 0 Å². The van der Waals surface area contributed by atoms with E-state index < -0.39 is 0 Å². The summed E-state index contributed by atoms with van der Waals surface area (Å²) in [7, 11) is 3.67. The van der Waals surface area contributed by atoms with Crippen molar-refractivity contribution in [3.63, 3.8) is 0 Å². The molecule has 0 saturated heterocycles. The van der Waals surface area contributed by atoms with Crippen molar-refractivity contribution in [1.82, 2.24) is 0 Å². The third kappa shape index (κ3) is 15.7. The highest BCUT2D eigenvalue weighted by molar-refractivity contribution is 8.77. The van der Waals surface area contributed by atoms with Gasteiger partial charge < -0.3 is 4.74 Å². The van der Waals surface area contributed by atoms with Crippen LogP contribution in [-0.4, -0.2) is 23.1 Å². The summed E-state index contributed by atoms with van der Waals surface area (Å²) in [4.78, 5) is 11.4. The molecule has 0 spiro atoms. The Kier molecular flexibility index (Phi) is 8.69. The average molecular weight is 303 g/mol. The highest BCUT2D eigenvalue weighted by atomic mass is 33.1. The van der Waals surface area contributed by atoms with E-state index in [2.05, 4.69) is 32.6 Å². The SMILES string of the molecule is CC(C)(C)C#CCOC(=O)CCCSSC(C)(C)C. The van der Waals surface area contributed by atoms with Crippen molar-refractivity contribution in [2.45, 2.75) is 59.1 Å². The van der Waals surface area contributed by atoms with Gasteiger partial charge in [0.25, 0.3) is 0 Å². The van der Waals surface area contributed by atoms with E-state index in [1.54, 1.807) is 0 Å². The third-order valence-electron chi connectivity index (χ3n) is 1.69. The van der Waals surface area contributed by atoms with E-state index in [4.69, 9.17) is 4.74 Å². The molecular formula is C15H26O2S2. The van der Waals surface area contributed by atoms with Gasteiger partial charge in [0.1, 0.15) is 0 Å². The van der Waals surface area contributed by atoms with Crippen molar-refractivity contribution in [3.8, 4) is 11.8 Å². The summed E-state index contributed by atoms with van der Waals surface area (Å²) in [5.74, 6) is 6.74. The summed E-state index contributed by atoms with van der Waals surface area (Å²) in [6.07, 6.45) is 1.34. The zero-order chi connectivity index (χ0) is 14.9. The van der Waals surface area contributed by atoms with E-state index in [-0.39, 0.29) is 22.7 Å². The number of hydrogen-bond acceptors (Lipinski definition) is 4. The maximum Gasteiger partial charge on any atom is 0.306 e. The molecule has 0 aromatic heterocycles. The first-order valence-corrected chi connectivity index (χ1v) is 8.88. The molecule has 0 rings (SSSR count). The van der Waals surface area contributed by atoms with Gasteiger partial charge in [0.15, 0.2) is 6.61 Å². The molecule has 0 atom stereocenters. The minimum Gasteiger partial charge on any atom is -0.452 e. The molecule has 0 aliphatic heterocycles. The highest BCUT2D eigenvalue weighted by Crippen LogP contribution is 2.35. The summed E-state index contributed by atoms with van der Waals surface area (Å²) in [6, 6.07) is 0. The Balaban J connectivity index is 3.58. The Hall–Kier alpha value is -0.270. The average Bonchev–Trinajstić information content (AvgIpc) is 2.21. The maximum atomic E-state index is 11.4. The van der Waals surface area contributed by atoms with Gasteiger partial charge in [-0.1, -0.05) is 54.2 Å². The lowest BCUT2D eigenvalue weighted by molar-refractivity contribution is -0.142. The van der Waals surface area contributed by atoms with Crippen LogP contribution in [0.25, 0.3) is 0 Å².